The molecule has 2 aromatic rings. The first-order valence-corrected chi connectivity index (χ1v) is 8.68. The van der Waals surface area contributed by atoms with E-state index in [-0.39, 0.29) is 4.90 Å². The summed E-state index contributed by atoms with van der Waals surface area (Å²) < 4.78 is 28.0. The number of nitriles is 1. The van der Waals surface area contributed by atoms with Crippen LogP contribution in [0.15, 0.2) is 50.2 Å². The molecular formula is C13H9Br2N3O2S. The van der Waals surface area contributed by atoms with Crippen LogP contribution < -0.4 is 10.5 Å². The van der Waals surface area contributed by atoms with Gasteiger partial charge >= 0.3 is 0 Å². The summed E-state index contributed by atoms with van der Waals surface area (Å²) in [5.41, 5.74) is 6.76. The molecule has 0 unspecified atom stereocenters. The number of nitrogens with one attached hydrogen (secondary N) is 1. The van der Waals surface area contributed by atoms with Gasteiger partial charge in [0.15, 0.2) is 0 Å². The van der Waals surface area contributed by atoms with Gasteiger partial charge in [-0.2, -0.15) is 5.26 Å². The zero-order chi connectivity index (χ0) is 15.6. The first-order chi connectivity index (χ1) is 9.83. The van der Waals surface area contributed by atoms with Crippen molar-refractivity contribution >= 4 is 53.3 Å². The van der Waals surface area contributed by atoms with Crippen LogP contribution in [-0.4, -0.2) is 8.42 Å². The molecule has 0 aromatic heterocycles. The minimum atomic E-state index is -3.83. The van der Waals surface area contributed by atoms with E-state index in [9.17, 15) is 8.42 Å². The van der Waals surface area contributed by atoms with Crippen LogP contribution >= 0.6 is 31.9 Å². The highest BCUT2D eigenvalue weighted by atomic mass is 79.9. The molecule has 2 aromatic carbocycles. The van der Waals surface area contributed by atoms with Crippen molar-refractivity contribution in [3.8, 4) is 6.07 Å². The maximum absolute atomic E-state index is 12.5. The van der Waals surface area contributed by atoms with E-state index in [1.54, 1.807) is 18.2 Å². The van der Waals surface area contributed by atoms with E-state index in [1.807, 2.05) is 6.07 Å². The summed E-state index contributed by atoms with van der Waals surface area (Å²) in [4.78, 5) is 0.0408. The molecule has 21 heavy (non-hydrogen) atoms. The van der Waals surface area contributed by atoms with Crippen LogP contribution in [-0.2, 0) is 10.0 Å². The summed E-state index contributed by atoms with van der Waals surface area (Å²) in [7, 11) is -3.83. The Labute approximate surface area is 139 Å². The van der Waals surface area contributed by atoms with Gasteiger partial charge in [0, 0.05) is 14.6 Å². The minimum absolute atomic E-state index is 0.0408. The SMILES string of the molecule is N#Cc1cccc(NS(=O)(=O)c2c(Br)cc(N)cc2Br)c1. The maximum atomic E-state index is 12.5. The molecule has 8 heteroatoms. The van der Waals surface area contributed by atoms with Gasteiger partial charge in [-0.15, -0.1) is 0 Å². The number of nitrogen functional groups attached to an aromatic ring is 1. The second-order valence-corrected chi connectivity index (χ2v) is 7.44. The van der Waals surface area contributed by atoms with Crippen LogP contribution in [0, 0.1) is 11.3 Å². The van der Waals surface area contributed by atoms with Crippen molar-refractivity contribution in [2.75, 3.05) is 10.5 Å². The number of benzene rings is 2. The molecule has 0 saturated carbocycles. The van der Waals surface area contributed by atoms with E-state index in [4.69, 9.17) is 11.0 Å². The Kier molecular flexibility index (Phi) is 4.56. The fourth-order valence-electron chi connectivity index (χ4n) is 1.69. The minimum Gasteiger partial charge on any atom is -0.399 e. The Morgan fingerprint density at radius 3 is 2.33 bits per heavy atom. The fourth-order valence-corrected chi connectivity index (χ4v) is 5.37. The van der Waals surface area contributed by atoms with Gasteiger partial charge in [0.25, 0.3) is 10.0 Å². The van der Waals surface area contributed by atoms with Gasteiger partial charge < -0.3 is 5.73 Å². The number of nitrogens with zero attached hydrogens (tertiary/aromatic N) is 1. The van der Waals surface area contributed by atoms with E-state index < -0.39 is 10.0 Å². The summed E-state index contributed by atoms with van der Waals surface area (Å²) in [6.07, 6.45) is 0. The maximum Gasteiger partial charge on any atom is 0.264 e. The van der Waals surface area contributed by atoms with Gasteiger partial charge in [-0.05, 0) is 62.2 Å². The Balaban J connectivity index is 2.46. The average Bonchev–Trinajstić information content (AvgIpc) is 2.36. The molecule has 5 nitrogen and oxygen atoms in total. The van der Waals surface area contributed by atoms with Gasteiger partial charge in [-0.1, -0.05) is 6.07 Å². The van der Waals surface area contributed by atoms with E-state index in [1.165, 1.54) is 18.2 Å². The Morgan fingerprint density at radius 2 is 1.76 bits per heavy atom. The summed E-state index contributed by atoms with van der Waals surface area (Å²) in [6, 6.07) is 11.2. The van der Waals surface area contributed by atoms with Gasteiger partial charge in [-0.25, -0.2) is 8.42 Å². The van der Waals surface area contributed by atoms with Crippen molar-refractivity contribution in [2.45, 2.75) is 4.90 Å². The van der Waals surface area contributed by atoms with Gasteiger partial charge in [0.05, 0.1) is 17.3 Å². The Bertz CT molecular complexity index is 822. The molecule has 0 spiro atoms. The number of halogens is 2. The second kappa shape index (κ2) is 6.05. The molecule has 2 rings (SSSR count). The zero-order valence-electron chi connectivity index (χ0n) is 10.5. The molecular weight excluding hydrogens is 422 g/mol. The van der Waals surface area contributed by atoms with E-state index >= 15 is 0 Å². The predicted molar refractivity (Wildman–Crippen MR) is 88.2 cm³/mol. The molecule has 0 saturated heterocycles. The van der Waals surface area contributed by atoms with Crippen molar-refractivity contribution in [1.29, 1.82) is 5.26 Å². The number of anilines is 2. The number of hydrogen-bond donors (Lipinski definition) is 2. The van der Waals surface area contributed by atoms with Crippen molar-refractivity contribution in [3.05, 3.63) is 50.9 Å². The predicted octanol–water partition coefficient (Wildman–Crippen LogP) is 3.47. The summed E-state index contributed by atoms with van der Waals surface area (Å²) >= 11 is 6.39. The molecule has 0 bridgehead atoms. The Morgan fingerprint density at radius 1 is 1.14 bits per heavy atom. The van der Waals surface area contributed by atoms with Crippen molar-refractivity contribution in [2.24, 2.45) is 0 Å². The monoisotopic (exact) mass is 429 g/mol. The number of rotatable bonds is 3. The lowest BCUT2D eigenvalue weighted by atomic mass is 10.2. The first-order valence-electron chi connectivity index (χ1n) is 5.61. The fraction of sp³-hybridized carbons (Fsp3) is 0. The normalized spacial score (nSPS) is 10.9. The lowest BCUT2D eigenvalue weighted by Gasteiger charge is -2.12. The van der Waals surface area contributed by atoms with Crippen molar-refractivity contribution in [1.82, 2.24) is 0 Å². The summed E-state index contributed by atoms with van der Waals surface area (Å²) in [5, 5.41) is 8.84. The number of hydrogen-bond acceptors (Lipinski definition) is 4. The number of sulfonamides is 1. The van der Waals surface area contributed by atoms with Crippen LogP contribution in [0.4, 0.5) is 11.4 Å². The van der Waals surface area contributed by atoms with E-state index in [0.29, 0.717) is 25.9 Å². The highest BCUT2D eigenvalue weighted by Crippen LogP contribution is 2.33. The van der Waals surface area contributed by atoms with Crippen molar-refractivity contribution in [3.63, 3.8) is 0 Å². The summed E-state index contributed by atoms with van der Waals surface area (Å²) in [5.74, 6) is 0. The largest absolute Gasteiger partial charge is 0.399 e. The number of nitrogens with two attached hydrogens (primary N) is 1. The summed E-state index contributed by atoms with van der Waals surface area (Å²) in [6.45, 7) is 0. The molecule has 0 aliphatic rings. The third-order valence-corrected chi connectivity index (χ3v) is 5.79. The third-order valence-electron chi connectivity index (χ3n) is 2.53. The van der Waals surface area contributed by atoms with Gasteiger partial charge in [0.2, 0.25) is 0 Å². The van der Waals surface area contributed by atoms with Crippen molar-refractivity contribution < 1.29 is 8.42 Å². The molecule has 0 heterocycles. The lowest BCUT2D eigenvalue weighted by Crippen LogP contribution is -2.14. The average molecular weight is 431 g/mol. The zero-order valence-corrected chi connectivity index (χ0v) is 14.5. The first kappa shape index (κ1) is 15.8. The molecule has 3 N–H and O–H groups in total. The molecule has 0 radical (unpaired) electrons. The Hall–Kier alpha value is -1.56. The van der Waals surface area contributed by atoms with Gasteiger partial charge in [-0.3, -0.25) is 4.72 Å². The van der Waals surface area contributed by atoms with Crippen LogP contribution in [0.1, 0.15) is 5.56 Å². The smallest absolute Gasteiger partial charge is 0.264 e. The van der Waals surface area contributed by atoms with Crippen LogP contribution in [0.3, 0.4) is 0 Å². The standard InChI is InChI=1S/C13H9Br2N3O2S/c14-11-5-9(17)6-12(15)13(11)21(19,20)18-10-3-1-2-8(4-10)7-16/h1-6,18H,17H2. The highest BCUT2D eigenvalue weighted by molar-refractivity contribution is 9.11. The molecule has 0 aliphatic carbocycles. The molecule has 108 valence electrons. The van der Waals surface area contributed by atoms with Gasteiger partial charge in [0.1, 0.15) is 4.90 Å². The lowest BCUT2D eigenvalue weighted by molar-refractivity contribution is 0.600. The second-order valence-electron chi connectivity index (χ2n) is 4.11. The van der Waals surface area contributed by atoms with Crippen LogP contribution in [0.25, 0.3) is 0 Å². The topological polar surface area (TPSA) is 96.0 Å². The highest BCUT2D eigenvalue weighted by Gasteiger charge is 2.22. The van der Waals surface area contributed by atoms with Crippen LogP contribution in [0.2, 0.25) is 0 Å². The third kappa shape index (κ3) is 3.56. The van der Waals surface area contributed by atoms with Crippen LogP contribution in [0.5, 0.6) is 0 Å². The molecule has 0 fully saturated rings. The van der Waals surface area contributed by atoms with E-state index in [2.05, 4.69) is 36.6 Å². The molecule has 0 atom stereocenters. The molecule has 0 aliphatic heterocycles. The molecule has 0 amide bonds. The van der Waals surface area contributed by atoms with E-state index in [0.717, 1.165) is 0 Å². The quantitative estimate of drug-likeness (QED) is 0.728.